The number of rotatable bonds is 3. The molecule has 0 radical (unpaired) electrons. The van der Waals surface area contributed by atoms with Crippen molar-refractivity contribution < 1.29 is 22.8 Å². The van der Waals surface area contributed by atoms with Gasteiger partial charge in [0.15, 0.2) is 0 Å². The molecule has 166 valence electrons. The summed E-state index contributed by atoms with van der Waals surface area (Å²) in [5.74, 6) is -0.216. The number of nitrogens with one attached hydrogen (secondary N) is 2. The fraction of sp³-hybridized carbons (Fsp3) is 0.333. The summed E-state index contributed by atoms with van der Waals surface area (Å²) in [6.07, 6.45) is 3.35. The van der Waals surface area contributed by atoms with Crippen molar-refractivity contribution in [3.63, 3.8) is 0 Å². The van der Waals surface area contributed by atoms with E-state index in [1.54, 1.807) is 28.0 Å². The fourth-order valence-corrected chi connectivity index (χ4v) is 4.50. The summed E-state index contributed by atoms with van der Waals surface area (Å²) in [6, 6.07) is 4.13. The summed E-state index contributed by atoms with van der Waals surface area (Å²) in [7, 11) is 0. The maximum atomic E-state index is 12.8. The molecule has 3 heterocycles. The predicted octanol–water partition coefficient (Wildman–Crippen LogP) is 3.17. The molecule has 2 fully saturated rings. The molecule has 3 aromatic rings. The molecule has 5 rings (SSSR count). The van der Waals surface area contributed by atoms with E-state index in [1.165, 1.54) is 18.3 Å². The number of nitrogens with zero attached hydrogens (tertiary/aromatic N) is 4. The Morgan fingerprint density at radius 3 is 2.69 bits per heavy atom. The lowest BCUT2D eigenvalue weighted by atomic mass is 9.60. The second kappa shape index (κ2) is 7.21. The third-order valence-electron chi connectivity index (χ3n) is 6.04. The molecule has 11 heteroatoms. The Balaban J connectivity index is 1.12. The van der Waals surface area contributed by atoms with Gasteiger partial charge < -0.3 is 15.5 Å². The molecule has 0 bridgehead atoms. The highest BCUT2D eigenvalue weighted by atomic mass is 19.4. The summed E-state index contributed by atoms with van der Waals surface area (Å²) in [6.45, 7) is 1.01. The molecule has 1 saturated heterocycles. The molecule has 0 unspecified atom stereocenters. The van der Waals surface area contributed by atoms with E-state index < -0.39 is 17.8 Å². The van der Waals surface area contributed by atoms with Gasteiger partial charge in [-0.2, -0.15) is 18.3 Å². The van der Waals surface area contributed by atoms with E-state index in [1.807, 2.05) is 0 Å². The number of alkyl halides is 3. The molecular weight excluding hydrogens is 425 g/mol. The molecule has 8 nitrogen and oxygen atoms in total. The Morgan fingerprint density at radius 1 is 1.16 bits per heavy atom. The van der Waals surface area contributed by atoms with E-state index in [-0.39, 0.29) is 23.1 Å². The summed E-state index contributed by atoms with van der Waals surface area (Å²) in [5.41, 5.74) is 0.323. The molecule has 1 aliphatic carbocycles. The minimum atomic E-state index is -4.47. The van der Waals surface area contributed by atoms with Gasteiger partial charge in [0.2, 0.25) is 0 Å². The van der Waals surface area contributed by atoms with Gasteiger partial charge in [0.25, 0.3) is 5.91 Å². The lowest BCUT2D eigenvalue weighted by Crippen LogP contribution is -2.68. The molecule has 1 saturated carbocycles. The Morgan fingerprint density at radius 2 is 1.94 bits per heavy atom. The van der Waals surface area contributed by atoms with Crippen LogP contribution in [0.1, 0.15) is 28.8 Å². The highest BCUT2D eigenvalue weighted by molar-refractivity contribution is 6.00. The van der Waals surface area contributed by atoms with Crippen LogP contribution in [-0.2, 0) is 6.18 Å². The Labute approximate surface area is 180 Å². The number of likely N-dealkylation sites (tertiary alicyclic amines) is 1. The minimum Gasteiger partial charge on any atom is -0.349 e. The van der Waals surface area contributed by atoms with Gasteiger partial charge in [-0.15, -0.1) is 0 Å². The number of benzene rings is 1. The van der Waals surface area contributed by atoms with Gasteiger partial charge in [-0.1, -0.05) is 6.07 Å². The maximum Gasteiger partial charge on any atom is 0.416 e. The largest absolute Gasteiger partial charge is 0.416 e. The van der Waals surface area contributed by atoms with Crippen molar-refractivity contribution in [3.05, 3.63) is 60.2 Å². The third kappa shape index (κ3) is 3.63. The highest BCUT2D eigenvalue weighted by Crippen LogP contribution is 2.48. The number of amides is 3. The smallest absolute Gasteiger partial charge is 0.349 e. The molecule has 2 aromatic heterocycles. The van der Waals surface area contributed by atoms with Crippen LogP contribution in [0, 0.1) is 5.41 Å². The lowest BCUT2D eigenvalue weighted by molar-refractivity contribution is -0.137. The number of anilines is 1. The quantitative estimate of drug-likeness (QED) is 0.649. The van der Waals surface area contributed by atoms with Crippen molar-refractivity contribution >= 4 is 23.1 Å². The summed E-state index contributed by atoms with van der Waals surface area (Å²) in [4.78, 5) is 30.5. The molecule has 1 aliphatic heterocycles. The average molecular weight is 444 g/mol. The number of aromatic nitrogens is 3. The van der Waals surface area contributed by atoms with Gasteiger partial charge in [0, 0.05) is 42.6 Å². The van der Waals surface area contributed by atoms with Crippen LogP contribution < -0.4 is 10.6 Å². The van der Waals surface area contributed by atoms with Crippen LogP contribution in [0.25, 0.3) is 5.52 Å². The Kier molecular flexibility index (Phi) is 4.57. The number of halogens is 3. The second-order valence-electron chi connectivity index (χ2n) is 8.41. The van der Waals surface area contributed by atoms with Crippen molar-refractivity contribution in [2.75, 3.05) is 18.4 Å². The minimum absolute atomic E-state index is 0.00259. The topological polar surface area (TPSA) is 91.6 Å². The third-order valence-corrected chi connectivity index (χ3v) is 6.04. The zero-order valence-electron chi connectivity index (χ0n) is 16.8. The van der Waals surface area contributed by atoms with E-state index in [0.717, 1.165) is 25.0 Å². The predicted molar refractivity (Wildman–Crippen MR) is 108 cm³/mol. The first-order chi connectivity index (χ1) is 15.2. The van der Waals surface area contributed by atoms with Crippen LogP contribution >= 0.6 is 0 Å². The number of carbonyl (C=O) groups excluding carboxylic acids is 2. The second-order valence-corrected chi connectivity index (χ2v) is 8.41. The summed E-state index contributed by atoms with van der Waals surface area (Å²) in [5, 5.41) is 9.65. The monoisotopic (exact) mass is 444 g/mol. The number of urea groups is 1. The fourth-order valence-electron chi connectivity index (χ4n) is 4.50. The van der Waals surface area contributed by atoms with E-state index in [2.05, 4.69) is 20.7 Å². The molecule has 1 spiro atoms. The van der Waals surface area contributed by atoms with E-state index >= 15 is 0 Å². The molecular formula is C21H19F3N6O2. The van der Waals surface area contributed by atoms with Gasteiger partial charge in [-0.05, 0) is 31.0 Å². The van der Waals surface area contributed by atoms with Crippen molar-refractivity contribution in [1.82, 2.24) is 24.8 Å². The maximum absolute atomic E-state index is 12.8. The number of hydrogen-bond donors (Lipinski definition) is 2. The first kappa shape index (κ1) is 20.3. The molecule has 1 aromatic carbocycles. The van der Waals surface area contributed by atoms with E-state index in [9.17, 15) is 22.8 Å². The van der Waals surface area contributed by atoms with E-state index in [4.69, 9.17) is 0 Å². The molecule has 32 heavy (non-hydrogen) atoms. The van der Waals surface area contributed by atoms with Crippen LogP contribution in [-0.4, -0.2) is 50.6 Å². The zero-order valence-corrected chi connectivity index (χ0v) is 16.8. The van der Waals surface area contributed by atoms with Crippen LogP contribution in [0.2, 0.25) is 0 Å². The van der Waals surface area contributed by atoms with Crippen molar-refractivity contribution in [1.29, 1.82) is 0 Å². The standard InChI is InChI=1S/C21H19F3N6O2/c22-21(23,24)13-2-1-3-14(6-13)28-19(32)29-11-20(12-29)7-15(8-20)27-18(31)16-9-26-30-5-4-25-10-17(16)30/h1-6,9-10,15H,7-8,11-12H2,(H,27,31)(H,28,32). The van der Waals surface area contributed by atoms with Gasteiger partial charge in [0.05, 0.1) is 29.0 Å². The van der Waals surface area contributed by atoms with Crippen molar-refractivity contribution in [2.45, 2.75) is 25.1 Å². The molecule has 0 atom stereocenters. The highest BCUT2D eigenvalue weighted by Gasteiger charge is 2.54. The van der Waals surface area contributed by atoms with Gasteiger partial charge in [-0.25, -0.2) is 9.31 Å². The van der Waals surface area contributed by atoms with Gasteiger partial charge in [-0.3, -0.25) is 9.78 Å². The van der Waals surface area contributed by atoms with Crippen LogP contribution in [0.3, 0.4) is 0 Å². The lowest BCUT2D eigenvalue weighted by Gasteiger charge is -2.58. The van der Waals surface area contributed by atoms with Gasteiger partial charge >= 0.3 is 12.2 Å². The van der Waals surface area contributed by atoms with Crippen molar-refractivity contribution in [3.8, 4) is 0 Å². The van der Waals surface area contributed by atoms with Gasteiger partial charge in [0.1, 0.15) is 0 Å². The molecule has 2 aliphatic rings. The van der Waals surface area contributed by atoms with E-state index in [0.29, 0.717) is 24.2 Å². The average Bonchev–Trinajstić information content (AvgIpc) is 3.12. The number of hydrogen-bond acceptors (Lipinski definition) is 4. The van der Waals surface area contributed by atoms with Crippen molar-refractivity contribution in [2.24, 2.45) is 5.41 Å². The van der Waals surface area contributed by atoms with Crippen LogP contribution in [0.5, 0.6) is 0 Å². The summed E-state index contributed by atoms with van der Waals surface area (Å²) >= 11 is 0. The van der Waals surface area contributed by atoms with Crippen LogP contribution in [0.4, 0.5) is 23.7 Å². The number of fused-ring (bicyclic) bond motifs is 1. The first-order valence-corrected chi connectivity index (χ1v) is 10.0. The first-order valence-electron chi connectivity index (χ1n) is 10.0. The zero-order chi connectivity index (χ0) is 22.5. The SMILES string of the molecule is O=C(NC1CC2(C1)CN(C(=O)Nc1cccc(C(F)(F)F)c1)C2)c1cnn2ccncc12. The molecule has 3 amide bonds. The Bertz CT molecular complexity index is 1190. The van der Waals surface area contributed by atoms with Crippen LogP contribution in [0.15, 0.2) is 49.1 Å². The Hall–Kier alpha value is -3.63. The molecule has 2 N–H and O–H groups in total. The normalized spacial score (nSPS) is 17.7. The summed E-state index contributed by atoms with van der Waals surface area (Å²) < 4.78 is 40.1. The number of carbonyl (C=O) groups is 2.